The van der Waals surface area contributed by atoms with E-state index in [2.05, 4.69) is 6.92 Å². The summed E-state index contributed by atoms with van der Waals surface area (Å²) in [5.41, 5.74) is 2.87. The van der Waals surface area contributed by atoms with Crippen LogP contribution < -0.4 is 9.80 Å². The van der Waals surface area contributed by atoms with Crippen LogP contribution >= 0.6 is 24.0 Å². The number of hydrogen-bond acceptors (Lipinski definition) is 4. The number of carbonyl (C=O) groups excluding carboxylic acids is 2. The molecule has 2 aliphatic rings. The summed E-state index contributed by atoms with van der Waals surface area (Å²) in [5, 5.41) is 0. The van der Waals surface area contributed by atoms with Crippen molar-refractivity contribution in [1.82, 2.24) is 0 Å². The fraction of sp³-hybridized carbons (Fsp3) is 0.190. The normalized spacial score (nSPS) is 19.2. The predicted molar refractivity (Wildman–Crippen MR) is 115 cm³/mol. The topological polar surface area (TPSA) is 40.6 Å². The average Bonchev–Trinajstić information content (AvgIpc) is 3.13. The molecule has 0 atom stereocenters. The predicted octanol–water partition coefficient (Wildman–Crippen LogP) is 4.61. The van der Waals surface area contributed by atoms with Crippen LogP contribution in [0.2, 0.25) is 0 Å². The van der Waals surface area contributed by atoms with E-state index in [-0.39, 0.29) is 11.8 Å². The van der Waals surface area contributed by atoms with Gasteiger partial charge in [-0.2, -0.15) is 0 Å². The number of rotatable bonds is 4. The molecule has 2 aromatic rings. The first kappa shape index (κ1) is 17.9. The van der Waals surface area contributed by atoms with Crippen molar-refractivity contribution in [2.24, 2.45) is 0 Å². The Bertz CT molecular complexity index is 969. The van der Waals surface area contributed by atoms with Crippen molar-refractivity contribution in [3.8, 4) is 0 Å². The second-order valence-corrected chi connectivity index (χ2v) is 8.02. The SMILES string of the molecule is CCCCN1C(=O)/C(=C2\SC(=S)N(c3ccccc3)C2=O)c2ccccc21. The Balaban J connectivity index is 1.80. The fourth-order valence-electron chi connectivity index (χ4n) is 3.36. The molecule has 4 nitrogen and oxygen atoms in total. The number of anilines is 2. The Labute approximate surface area is 167 Å². The van der Waals surface area contributed by atoms with Crippen LogP contribution in [-0.2, 0) is 9.59 Å². The second-order valence-electron chi connectivity index (χ2n) is 6.38. The van der Waals surface area contributed by atoms with Crippen LogP contribution in [-0.4, -0.2) is 22.7 Å². The Kier molecular flexibility index (Phi) is 4.85. The molecule has 0 aliphatic carbocycles. The van der Waals surface area contributed by atoms with Gasteiger partial charge in [0.2, 0.25) is 0 Å². The number of amides is 2. The molecule has 0 saturated carbocycles. The maximum Gasteiger partial charge on any atom is 0.271 e. The summed E-state index contributed by atoms with van der Waals surface area (Å²) < 4.78 is 0.450. The third-order valence-electron chi connectivity index (χ3n) is 4.67. The lowest BCUT2D eigenvalue weighted by Crippen LogP contribution is -2.29. The van der Waals surface area contributed by atoms with Crippen molar-refractivity contribution in [3.63, 3.8) is 0 Å². The Hall–Kier alpha value is -2.44. The van der Waals surface area contributed by atoms with Gasteiger partial charge in [-0.25, -0.2) is 0 Å². The number of thiocarbonyl (C=S) groups is 1. The maximum atomic E-state index is 13.2. The molecule has 136 valence electrons. The van der Waals surface area contributed by atoms with Crippen molar-refractivity contribution in [2.75, 3.05) is 16.3 Å². The van der Waals surface area contributed by atoms with Crippen molar-refractivity contribution in [2.45, 2.75) is 19.8 Å². The Morgan fingerprint density at radius 1 is 0.963 bits per heavy atom. The average molecular weight is 395 g/mol. The Morgan fingerprint density at radius 2 is 1.67 bits per heavy atom. The van der Waals surface area contributed by atoms with E-state index in [0.29, 0.717) is 21.3 Å². The third-order valence-corrected chi connectivity index (χ3v) is 6.04. The number of unbranched alkanes of at least 4 members (excludes halogenated alkanes) is 1. The lowest BCUT2D eigenvalue weighted by molar-refractivity contribution is -0.115. The molecular weight excluding hydrogens is 376 g/mol. The summed E-state index contributed by atoms with van der Waals surface area (Å²) in [6.07, 6.45) is 1.91. The minimum atomic E-state index is -0.230. The standard InChI is InChI=1S/C21H18N2O2S2/c1-2-3-13-22-16-12-8-7-11-15(16)17(19(22)24)18-20(25)23(21(26)27-18)14-9-5-4-6-10-14/h4-12H,2-3,13H2,1H3/b18-17-. The highest BCUT2D eigenvalue weighted by molar-refractivity contribution is 8.27. The summed E-state index contributed by atoms with van der Waals surface area (Å²) in [6.45, 7) is 2.74. The molecule has 2 amide bonds. The van der Waals surface area contributed by atoms with Crippen molar-refractivity contribution in [1.29, 1.82) is 0 Å². The highest BCUT2D eigenvalue weighted by atomic mass is 32.2. The first-order chi connectivity index (χ1) is 13.1. The van der Waals surface area contributed by atoms with Crippen molar-refractivity contribution in [3.05, 3.63) is 65.1 Å². The van der Waals surface area contributed by atoms with Gasteiger partial charge >= 0.3 is 0 Å². The highest BCUT2D eigenvalue weighted by Gasteiger charge is 2.42. The van der Waals surface area contributed by atoms with E-state index in [0.717, 1.165) is 29.8 Å². The van der Waals surface area contributed by atoms with Gasteiger partial charge < -0.3 is 4.90 Å². The van der Waals surface area contributed by atoms with Crippen LogP contribution in [0.1, 0.15) is 25.3 Å². The largest absolute Gasteiger partial charge is 0.308 e. The highest BCUT2D eigenvalue weighted by Crippen LogP contribution is 2.45. The monoisotopic (exact) mass is 394 g/mol. The van der Waals surface area contributed by atoms with Crippen LogP contribution in [0.15, 0.2) is 59.5 Å². The molecule has 0 radical (unpaired) electrons. The number of carbonyl (C=O) groups is 2. The molecule has 27 heavy (non-hydrogen) atoms. The minimum Gasteiger partial charge on any atom is -0.308 e. The third kappa shape index (κ3) is 2.99. The zero-order valence-electron chi connectivity index (χ0n) is 14.8. The molecule has 0 aromatic heterocycles. The van der Waals surface area contributed by atoms with E-state index in [1.807, 2.05) is 54.6 Å². The first-order valence-corrected chi connectivity index (χ1v) is 10.1. The molecule has 4 rings (SSSR count). The van der Waals surface area contributed by atoms with Gasteiger partial charge in [-0.1, -0.05) is 73.7 Å². The molecular formula is C21H18N2O2S2. The zero-order valence-corrected chi connectivity index (χ0v) is 16.5. The minimum absolute atomic E-state index is 0.113. The van der Waals surface area contributed by atoms with E-state index in [1.165, 1.54) is 16.7 Å². The first-order valence-electron chi connectivity index (χ1n) is 8.90. The van der Waals surface area contributed by atoms with Crippen LogP contribution in [0, 0.1) is 0 Å². The van der Waals surface area contributed by atoms with Gasteiger partial charge in [-0.15, -0.1) is 0 Å². The van der Waals surface area contributed by atoms with Crippen LogP contribution in [0.3, 0.4) is 0 Å². The fourth-order valence-corrected chi connectivity index (χ4v) is 4.73. The number of fused-ring (bicyclic) bond motifs is 1. The van der Waals surface area contributed by atoms with Crippen LogP contribution in [0.25, 0.3) is 5.57 Å². The number of thioether (sulfide) groups is 1. The van der Waals surface area contributed by atoms with E-state index < -0.39 is 0 Å². The summed E-state index contributed by atoms with van der Waals surface area (Å²) in [6, 6.07) is 17.0. The number of nitrogens with zero attached hydrogens (tertiary/aromatic N) is 2. The summed E-state index contributed by atoms with van der Waals surface area (Å²) in [4.78, 5) is 30.1. The lowest BCUT2D eigenvalue weighted by atomic mass is 10.1. The van der Waals surface area contributed by atoms with Gasteiger partial charge in [-0.05, 0) is 24.6 Å². The Morgan fingerprint density at radius 3 is 2.41 bits per heavy atom. The summed E-state index contributed by atoms with van der Waals surface area (Å²) in [5.74, 6) is -0.343. The quantitative estimate of drug-likeness (QED) is 0.561. The molecule has 2 aromatic carbocycles. The maximum absolute atomic E-state index is 13.2. The van der Waals surface area contributed by atoms with Gasteiger partial charge in [0, 0.05) is 12.1 Å². The number of para-hydroxylation sites is 2. The molecule has 1 fully saturated rings. The molecule has 2 aliphatic heterocycles. The van der Waals surface area contributed by atoms with E-state index in [1.54, 1.807) is 4.90 Å². The lowest BCUT2D eigenvalue weighted by Gasteiger charge is -2.16. The van der Waals surface area contributed by atoms with Gasteiger partial charge in [0.05, 0.1) is 21.9 Å². The molecule has 0 bridgehead atoms. The van der Waals surface area contributed by atoms with E-state index >= 15 is 0 Å². The van der Waals surface area contributed by atoms with Crippen molar-refractivity contribution < 1.29 is 9.59 Å². The molecule has 2 heterocycles. The van der Waals surface area contributed by atoms with Gasteiger partial charge in [0.25, 0.3) is 11.8 Å². The number of hydrogen-bond donors (Lipinski definition) is 0. The summed E-state index contributed by atoms with van der Waals surface area (Å²) >= 11 is 6.66. The molecule has 0 spiro atoms. The molecule has 0 N–H and O–H groups in total. The molecule has 1 saturated heterocycles. The van der Waals surface area contributed by atoms with E-state index in [4.69, 9.17) is 12.2 Å². The van der Waals surface area contributed by atoms with Gasteiger partial charge in [0.15, 0.2) is 4.32 Å². The van der Waals surface area contributed by atoms with E-state index in [9.17, 15) is 9.59 Å². The van der Waals surface area contributed by atoms with Gasteiger partial charge in [-0.3, -0.25) is 14.5 Å². The number of benzene rings is 2. The van der Waals surface area contributed by atoms with Gasteiger partial charge in [0.1, 0.15) is 0 Å². The second kappa shape index (κ2) is 7.29. The molecule has 0 unspecified atom stereocenters. The van der Waals surface area contributed by atoms with Crippen LogP contribution in [0.4, 0.5) is 11.4 Å². The van der Waals surface area contributed by atoms with Crippen molar-refractivity contribution >= 4 is 57.1 Å². The smallest absolute Gasteiger partial charge is 0.271 e. The molecule has 6 heteroatoms. The van der Waals surface area contributed by atoms with Crippen LogP contribution in [0.5, 0.6) is 0 Å². The zero-order chi connectivity index (χ0) is 19.0. The summed E-state index contributed by atoms with van der Waals surface area (Å²) in [7, 11) is 0.